The Balaban J connectivity index is 1.61. The van der Waals surface area contributed by atoms with Crippen LogP contribution in [-0.2, 0) is 16.0 Å². The van der Waals surface area contributed by atoms with Crippen LogP contribution in [0.15, 0.2) is 24.3 Å². The van der Waals surface area contributed by atoms with Gasteiger partial charge < -0.3 is 5.32 Å². The maximum atomic E-state index is 12.7. The minimum absolute atomic E-state index is 0.0438. The third-order valence-corrected chi connectivity index (χ3v) is 5.76. The third-order valence-electron chi connectivity index (χ3n) is 5.76. The Bertz CT molecular complexity index is 646. The van der Waals surface area contributed by atoms with Crippen molar-refractivity contribution in [2.75, 3.05) is 24.5 Å². The van der Waals surface area contributed by atoms with Crippen LogP contribution in [-0.4, -0.2) is 48.4 Å². The number of fused-ring (bicyclic) bond motifs is 1. The lowest BCUT2D eigenvalue weighted by atomic mass is 10.0. The minimum Gasteiger partial charge on any atom is -0.353 e. The summed E-state index contributed by atoms with van der Waals surface area (Å²) >= 11 is 0. The highest BCUT2D eigenvalue weighted by molar-refractivity contribution is 6.01. The van der Waals surface area contributed by atoms with Gasteiger partial charge in [0, 0.05) is 31.2 Å². The van der Waals surface area contributed by atoms with Gasteiger partial charge >= 0.3 is 0 Å². The van der Waals surface area contributed by atoms with Gasteiger partial charge in [-0.2, -0.15) is 0 Å². The quantitative estimate of drug-likeness (QED) is 0.882. The van der Waals surface area contributed by atoms with Gasteiger partial charge in [0.1, 0.15) is 6.04 Å². The molecule has 0 saturated carbocycles. The highest BCUT2D eigenvalue weighted by Crippen LogP contribution is 2.28. The Morgan fingerprint density at radius 3 is 2.85 bits per heavy atom. The molecule has 0 radical (unpaired) electrons. The Morgan fingerprint density at radius 1 is 1.23 bits per heavy atom. The summed E-state index contributed by atoms with van der Waals surface area (Å²) in [6.07, 6.45) is 6.01. The lowest BCUT2D eigenvalue weighted by molar-refractivity contribution is -0.126. The molecule has 142 valence electrons. The zero-order valence-corrected chi connectivity index (χ0v) is 16.0. The highest BCUT2D eigenvalue weighted by atomic mass is 16.2. The van der Waals surface area contributed by atoms with E-state index in [1.807, 2.05) is 25.1 Å². The number of aryl methyl sites for hydroxylation is 1. The third kappa shape index (κ3) is 4.26. The number of piperidine rings is 1. The summed E-state index contributed by atoms with van der Waals surface area (Å²) in [5.41, 5.74) is 2.04. The Kier molecular flexibility index (Phi) is 6.30. The SMILES string of the molecule is C[C@H]1CCCCN1CCNC(=O)[C@H](C)N1C(=O)CCCc2ccccc21. The fourth-order valence-electron chi connectivity index (χ4n) is 4.14. The predicted octanol–water partition coefficient (Wildman–Crippen LogP) is 2.74. The molecule has 0 unspecified atom stereocenters. The Morgan fingerprint density at radius 2 is 2.04 bits per heavy atom. The lowest BCUT2D eigenvalue weighted by Crippen LogP contribution is -2.50. The molecule has 5 nitrogen and oxygen atoms in total. The zero-order valence-electron chi connectivity index (χ0n) is 16.0. The molecule has 1 fully saturated rings. The van der Waals surface area contributed by atoms with Gasteiger partial charge in [-0.25, -0.2) is 0 Å². The number of rotatable bonds is 5. The number of anilines is 1. The molecule has 2 heterocycles. The Hall–Kier alpha value is -1.88. The van der Waals surface area contributed by atoms with E-state index in [0.29, 0.717) is 19.0 Å². The van der Waals surface area contributed by atoms with Crippen molar-refractivity contribution in [2.45, 2.75) is 64.5 Å². The number of likely N-dealkylation sites (tertiary alicyclic amines) is 1. The van der Waals surface area contributed by atoms with E-state index in [1.165, 1.54) is 19.3 Å². The molecule has 0 aromatic heterocycles. The van der Waals surface area contributed by atoms with Crippen LogP contribution in [0.5, 0.6) is 0 Å². The van der Waals surface area contributed by atoms with Gasteiger partial charge in [-0.15, -0.1) is 0 Å². The summed E-state index contributed by atoms with van der Waals surface area (Å²) < 4.78 is 0. The van der Waals surface area contributed by atoms with E-state index in [1.54, 1.807) is 4.90 Å². The van der Waals surface area contributed by atoms with E-state index in [-0.39, 0.29) is 11.8 Å². The fourth-order valence-corrected chi connectivity index (χ4v) is 4.14. The topological polar surface area (TPSA) is 52.7 Å². The number of carbonyl (C=O) groups is 2. The lowest BCUT2D eigenvalue weighted by Gasteiger charge is -2.33. The molecule has 0 bridgehead atoms. The van der Waals surface area contributed by atoms with Crippen molar-refractivity contribution in [2.24, 2.45) is 0 Å². The Labute approximate surface area is 156 Å². The van der Waals surface area contributed by atoms with Crippen LogP contribution in [0.1, 0.15) is 51.5 Å². The second kappa shape index (κ2) is 8.67. The maximum absolute atomic E-state index is 12.7. The van der Waals surface area contributed by atoms with Gasteiger partial charge in [0.2, 0.25) is 11.8 Å². The zero-order chi connectivity index (χ0) is 18.5. The second-order valence-corrected chi connectivity index (χ2v) is 7.59. The number of carbonyl (C=O) groups excluding carboxylic acids is 2. The second-order valence-electron chi connectivity index (χ2n) is 7.59. The van der Waals surface area contributed by atoms with Crippen molar-refractivity contribution in [1.82, 2.24) is 10.2 Å². The average Bonchev–Trinajstić information content (AvgIpc) is 2.80. The molecule has 2 aliphatic heterocycles. The first-order valence-electron chi connectivity index (χ1n) is 9.99. The van der Waals surface area contributed by atoms with E-state index in [9.17, 15) is 9.59 Å². The first-order valence-corrected chi connectivity index (χ1v) is 9.99. The first kappa shape index (κ1) is 18.9. The predicted molar refractivity (Wildman–Crippen MR) is 104 cm³/mol. The molecule has 0 spiro atoms. The summed E-state index contributed by atoms with van der Waals surface area (Å²) in [6.45, 7) is 6.72. The standard InChI is InChI=1S/C21H31N3O2/c1-16-8-5-6-14-23(16)15-13-22-21(26)17(2)24-19-11-4-3-9-18(19)10-7-12-20(24)25/h3-4,9,11,16-17H,5-8,10,12-15H2,1-2H3,(H,22,26)/t16-,17-/m0/s1. The van der Waals surface area contributed by atoms with Crippen LogP contribution in [0.4, 0.5) is 5.69 Å². The van der Waals surface area contributed by atoms with Crippen molar-refractivity contribution in [3.63, 3.8) is 0 Å². The smallest absolute Gasteiger partial charge is 0.242 e. The van der Waals surface area contributed by atoms with Crippen LogP contribution >= 0.6 is 0 Å². The minimum atomic E-state index is -0.486. The number of amides is 2. The van der Waals surface area contributed by atoms with E-state index < -0.39 is 6.04 Å². The summed E-state index contributed by atoms with van der Waals surface area (Å²) in [5.74, 6) is -0.0260. The van der Waals surface area contributed by atoms with Crippen LogP contribution in [0.25, 0.3) is 0 Å². The van der Waals surface area contributed by atoms with Crippen LogP contribution in [0, 0.1) is 0 Å². The van der Waals surface area contributed by atoms with Gasteiger partial charge in [-0.05, 0) is 57.7 Å². The van der Waals surface area contributed by atoms with Crippen molar-refractivity contribution < 1.29 is 9.59 Å². The molecule has 2 aliphatic rings. The van der Waals surface area contributed by atoms with Crippen molar-refractivity contribution in [3.05, 3.63) is 29.8 Å². The van der Waals surface area contributed by atoms with Gasteiger partial charge in [-0.1, -0.05) is 24.6 Å². The number of benzene rings is 1. The monoisotopic (exact) mass is 357 g/mol. The molecule has 1 N–H and O–H groups in total. The highest BCUT2D eigenvalue weighted by Gasteiger charge is 2.30. The molecule has 26 heavy (non-hydrogen) atoms. The largest absolute Gasteiger partial charge is 0.353 e. The van der Waals surface area contributed by atoms with Gasteiger partial charge in [0.05, 0.1) is 0 Å². The van der Waals surface area contributed by atoms with Gasteiger partial charge in [0.25, 0.3) is 0 Å². The summed E-state index contributed by atoms with van der Waals surface area (Å²) in [5, 5.41) is 3.04. The van der Waals surface area contributed by atoms with Crippen molar-refractivity contribution in [3.8, 4) is 0 Å². The fraction of sp³-hybridized carbons (Fsp3) is 0.619. The molecule has 0 aliphatic carbocycles. The summed E-state index contributed by atoms with van der Waals surface area (Å²) in [4.78, 5) is 29.5. The van der Waals surface area contributed by atoms with Gasteiger partial charge in [0.15, 0.2) is 0 Å². The van der Waals surface area contributed by atoms with Crippen LogP contribution in [0.2, 0.25) is 0 Å². The molecular formula is C21H31N3O2. The molecule has 1 aromatic carbocycles. The molecular weight excluding hydrogens is 326 g/mol. The average molecular weight is 357 g/mol. The van der Waals surface area contributed by atoms with E-state index in [4.69, 9.17) is 0 Å². The van der Waals surface area contributed by atoms with Crippen LogP contribution < -0.4 is 10.2 Å². The number of hydrogen-bond donors (Lipinski definition) is 1. The van der Waals surface area contributed by atoms with E-state index in [0.717, 1.165) is 37.2 Å². The summed E-state index contributed by atoms with van der Waals surface area (Å²) in [7, 11) is 0. The number of nitrogens with one attached hydrogen (secondary N) is 1. The van der Waals surface area contributed by atoms with Gasteiger partial charge in [-0.3, -0.25) is 19.4 Å². The molecule has 2 atom stereocenters. The summed E-state index contributed by atoms with van der Waals surface area (Å²) in [6, 6.07) is 8.06. The molecule has 1 saturated heterocycles. The first-order chi connectivity index (χ1) is 12.6. The van der Waals surface area contributed by atoms with Crippen molar-refractivity contribution >= 4 is 17.5 Å². The van der Waals surface area contributed by atoms with Crippen molar-refractivity contribution in [1.29, 1.82) is 0 Å². The van der Waals surface area contributed by atoms with E-state index >= 15 is 0 Å². The number of nitrogens with zero attached hydrogens (tertiary/aromatic N) is 2. The number of hydrogen-bond acceptors (Lipinski definition) is 3. The van der Waals surface area contributed by atoms with Crippen LogP contribution in [0.3, 0.4) is 0 Å². The molecule has 1 aromatic rings. The molecule has 2 amide bonds. The number of para-hydroxylation sites is 1. The van der Waals surface area contributed by atoms with E-state index in [2.05, 4.69) is 23.2 Å². The normalized spacial score (nSPS) is 22.5. The maximum Gasteiger partial charge on any atom is 0.242 e. The molecule has 3 rings (SSSR count). The molecule has 5 heteroatoms.